The van der Waals surface area contributed by atoms with Crippen LogP contribution in [0.4, 0.5) is 13.2 Å². The highest BCUT2D eigenvalue weighted by atomic mass is 19.4. The Labute approximate surface area is 90.6 Å². The average Bonchev–Trinajstić information content (AvgIpc) is 2.14. The molecule has 0 saturated heterocycles. The molecular formula is C9H12F3N3O. The van der Waals surface area contributed by atoms with E-state index in [9.17, 15) is 13.2 Å². The molecule has 0 saturated carbocycles. The smallest absolute Gasteiger partial charge is 0.422 e. The van der Waals surface area contributed by atoms with Crippen LogP contribution in [0.25, 0.3) is 0 Å². The zero-order chi connectivity index (χ0) is 12.3. The van der Waals surface area contributed by atoms with E-state index in [4.69, 9.17) is 5.73 Å². The molecule has 90 valence electrons. The van der Waals surface area contributed by atoms with Crippen molar-refractivity contribution < 1.29 is 17.9 Å². The number of nitrogens with two attached hydrogens (primary N) is 1. The molecule has 0 spiro atoms. The standard InChI is InChI=1S/C9H12F3N3O/c1-5-3-7(6(2)13)14-15-8(5)16-4-9(10,11)12/h3,6H,4,13H2,1-2H3. The van der Waals surface area contributed by atoms with Crippen LogP contribution >= 0.6 is 0 Å². The summed E-state index contributed by atoms with van der Waals surface area (Å²) in [4.78, 5) is 0. The monoisotopic (exact) mass is 235 g/mol. The van der Waals surface area contributed by atoms with E-state index in [1.165, 1.54) is 0 Å². The van der Waals surface area contributed by atoms with Gasteiger partial charge in [0.05, 0.1) is 5.69 Å². The van der Waals surface area contributed by atoms with Crippen molar-refractivity contribution in [2.75, 3.05) is 6.61 Å². The second-order valence-electron chi connectivity index (χ2n) is 3.45. The van der Waals surface area contributed by atoms with Crippen LogP contribution in [0.15, 0.2) is 6.07 Å². The van der Waals surface area contributed by atoms with E-state index < -0.39 is 12.8 Å². The Kier molecular flexibility index (Phi) is 3.69. The topological polar surface area (TPSA) is 61.0 Å². The van der Waals surface area contributed by atoms with Crippen LogP contribution < -0.4 is 10.5 Å². The maximum atomic E-state index is 11.9. The number of nitrogens with zero attached hydrogens (tertiary/aromatic N) is 2. The highest BCUT2D eigenvalue weighted by Gasteiger charge is 2.29. The Morgan fingerprint density at radius 3 is 2.50 bits per heavy atom. The molecule has 0 aliphatic rings. The third-order valence-corrected chi connectivity index (χ3v) is 1.80. The summed E-state index contributed by atoms with van der Waals surface area (Å²) in [6.45, 7) is 1.92. The molecule has 0 aromatic carbocycles. The Hall–Kier alpha value is -1.37. The number of hydrogen-bond acceptors (Lipinski definition) is 4. The molecule has 0 radical (unpaired) electrons. The predicted octanol–water partition coefficient (Wildman–Crippen LogP) is 1.75. The second kappa shape index (κ2) is 4.65. The molecule has 7 heteroatoms. The molecular weight excluding hydrogens is 223 g/mol. The molecule has 1 aromatic rings. The first kappa shape index (κ1) is 12.7. The lowest BCUT2D eigenvalue weighted by Gasteiger charge is -2.11. The fourth-order valence-corrected chi connectivity index (χ4v) is 1.01. The van der Waals surface area contributed by atoms with Gasteiger partial charge in [0, 0.05) is 11.6 Å². The molecule has 1 atom stereocenters. The van der Waals surface area contributed by atoms with Crippen molar-refractivity contribution in [2.45, 2.75) is 26.1 Å². The zero-order valence-electron chi connectivity index (χ0n) is 8.88. The number of aryl methyl sites for hydroxylation is 1. The van der Waals surface area contributed by atoms with Crippen LogP contribution in [0.5, 0.6) is 5.88 Å². The summed E-state index contributed by atoms with van der Waals surface area (Å²) in [5.74, 6) is -0.123. The summed E-state index contributed by atoms with van der Waals surface area (Å²) in [5.41, 5.74) is 6.54. The lowest BCUT2D eigenvalue weighted by atomic mass is 10.2. The fourth-order valence-electron chi connectivity index (χ4n) is 1.01. The third-order valence-electron chi connectivity index (χ3n) is 1.80. The van der Waals surface area contributed by atoms with Gasteiger partial charge in [-0.15, -0.1) is 5.10 Å². The van der Waals surface area contributed by atoms with Gasteiger partial charge >= 0.3 is 6.18 Å². The van der Waals surface area contributed by atoms with Gasteiger partial charge in [-0.3, -0.25) is 0 Å². The van der Waals surface area contributed by atoms with Gasteiger partial charge in [-0.25, -0.2) is 0 Å². The summed E-state index contributed by atoms with van der Waals surface area (Å²) in [5, 5.41) is 7.22. The lowest BCUT2D eigenvalue weighted by molar-refractivity contribution is -0.154. The van der Waals surface area contributed by atoms with Crippen molar-refractivity contribution in [1.82, 2.24) is 10.2 Å². The molecule has 1 aromatic heterocycles. The summed E-state index contributed by atoms with van der Waals surface area (Å²) >= 11 is 0. The van der Waals surface area contributed by atoms with Gasteiger partial charge in [0.2, 0.25) is 5.88 Å². The number of alkyl halides is 3. The average molecular weight is 235 g/mol. The van der Waals surface area contributed by atoms with E-state index in [1.54, 1.807) is 19.9 Å². The zero-order valence-corrected chi connectivity index (χ0v) is 8.88. The minimum absolute atomic E-state index is 0.123. The maximum Gasteiger partial charge on any atom is 0.422 e. The molecule has 16 heavy (non-hydrogen) atoms. The van der Waals surface area contributed by atoms with Gasteiger partial charge < -0.3 is 10.5 Å². The quantitative estimate of drug-likeness (QED) is 0.866. The Balaban J connectivity index is 2.76. The van der Waals surface area contributed by atoms with E-state index in [0.717, 1.165) is 0 Å². The number of halogens is 3. The predicted molar refractivity (Wildman–Crippen MR) is 50.9 cm³/mol. The first-order valence-electron chi connectivity index (χ1n) is 4.59. The largest absolute Gasteiger partial charge is 0.467 e. The number of hydrogen-bond donors (Lipinski definition) is 1. The van der Waals surface area contributed by atoms with Gasteiger partial charge in [0.1, 0.15) is 0 Å². The highest BCUT2D eigenvalue weighted by Crippen LogP contribution is 2.20. The fraction of sp³-hybridized carbons (Fsp3) is 0.556. The minimum Gasteiger partial charge on any atom is -0.467 e. The lowest BCUT2D eigenvalue weighted by Crippen LogP contribution is -2.20. The molecule has 2 N–H and O–H groups in total. The van der Waals surface area contributed by atoms with E-state index in [-0.39, 0.29) is 11.9 Å². The number of ether oxygens (including phenoxy) is 1. The molecule has 0 fully saturated rings. The Bertz CT molecular complexity index is 366. The van der Waals surface area contributed by atoms with Crippen molar-refractivity contribution >= 4 is 0 Å². The van der Waals surface area contributed by atoms with Gasteiger partial charge in [0.15, 0.2) is 6.61 Å². The molecule has 1 heterocycles. The van der Waals surface area contributed by atoms with Gasteiger partial charge in [-0.05, 0) is 19.9 Å². The Morgan fingerprint density at radius 1 is 1.44 bits per heavy atom. The molecule has 0 aliphatic heterocycles. The van der Waals surface area contributed by atoms with E-state index >= 15 is 0 Å². The summed E-state index contributed by atoms with van der Waals surface area (Å²) in [6.07, 6.45) is -4.38. The normalized spacial score (nSPS) is 13.6. The first-order chi connectivity index (χ1) is 7.29. The first-order valence-corrected chi connectivity index (χ1v) is 4.59. The van der Waals surface area contributed by atoms with Crippen LogP contribution in [0, 0.1) is 6.92 Å². The SMILES string of the molecule is Cc1cc(C(C)N)nnc1OCC(F)(F)F. The van der Waals surface area contributed by atoms with Gasteiger partial charge in [-0.1, -0.05) is 0 Å². The summed E-state index contributed by atoms with van der Waals surface area (Å²) in [6, 6.07) is 1.24. The van der Waals surface area contributed by atoms with Crippen molar-refractivity contribution in [2.24, 2.45) is 5.73 Å². The molecule has 1 rings (SSSR count). The third kappa shape index (κ3) is 3.65. The van der Waals surface area contributed by atoms with Crippen molar-refractivity contribution in [3.8, 4) is 5.88 Å². The number of aromatic nitrogens is 2. The molecule has 0 amide bonds. The molecule has 0 aliphatic carbocycles. The van der Waals surface area contributed by atoms with Crippen LogP contribution in [0.3, 0.4) is 0 Å². The molecule has 1 unspecified atom stereocenters. The minimum atomic E-state index is -4.38. The van der Waals surface area contributed by atoms with E-state index in [1.807, 2.05) is 0 Å². The van der Waals surface area contributed by atoms with Crippen molar-refractivity contribution in [1.29, 1.82) is 0 Å². The van der Waals surface area contributed by atoms with Crippen LogP contribution in [-0.2, 0) is 0 Å². The summed E-state index contributed by atoms with van der Waals surface area (Å²) < 4.78 is 40.2. The maximum absolute atomic E-state index is 11.9. The Morgan fingerprint density at radius 2 is 2.06 bits per heavy atom. The highest BCUT2D eigenvalue weighted by molar-refractivity contribution is 5.25. The van der Waals surface area contributed by atoms with Crippen LogP contribution in [0.2, 0.25) is 0 Å². The van der Waals surface area contributed by atoms with Gasteiger partial charge in [0.25, 0.3) is 0 Å². The van der Waals surface area contributed by atoms with Crippen LogP contribution in [-0.4, -0.2) is 23.0 Å². The van der Waals surface area contributed by atoms with Crippen molar-refractivity contribution in [3.05, 3.63) is 17.3 Å². The van der Waals surface area contributed by atoms with Crippen molar-refractivity contribution in [3.63, 3.8) is 0 Å². The van der Waals surface area contributed by atoms with E-state index in [0.29, 0.717) is 11.3 Å². The number of rotatable bonds is 3. The van der Waals surface area contributed by atoms with Gasteiger partial charge in [-0.2, -0.15) is 18.3 Å². The van der Waals surface area contributed by atoms with Crippen LogP contribution in [0.1, 0.15) is 24.2 Å². The molecule has 4 nitrogen and oxygen atoms in total. The molecule has 0 bridgehead atoms. The second-order valence-corrected chi connectivity index (χ2v) is 3.45. The summed E-state index contributed by atoms with van der Waals surface area (Å²) in [7, 11) is 0. The van der Waals surface area contributed by atoms with E-state index in [2.05, 4.69) is 14.9 Å².